The molecule has 0 unspecified atom stereocenters. The summed E-state index contributed by atoms with van der Waals surface area (Å²) in [5, 5.41) is 0. The van der Waals surface area contributed by atoms with Crippen molar-refractivity contribution in [2.45, 2.75) is 25.9 Å². The van der Waals surface area contributed by atoms with Gasteiger partial charge in [-0.1, -0.05) is 13.8 Å². The molecule has 118 valence electrons. The van der Waals surface area contributed by atoms with Gasteiger partial charge in [-0.05, 0) is 40.3 Å². The maximum Gasteiger partial charge on any atom is 2.00 e. The van der Waals surface area contributed by atoms with Crippen LogP contribution in [0.2, 0.25) is 0 Å². The van der Waals surface area contributed by atoms with Gasteiger partial charge in [0.2, 0.25) is 0 Å². The largest absolute Gasteiger partial charge is 2.00 e. The summed E-state index contributed by atoms with van der Waals surface area (Å²) in [5.41, 5.74) is 2.79. The maximum absolute atomic E-state index is 2.20. The standard InChI is InChI=1S/2C9H14N.Fe/c2*1-8(10(2)3)9-6-4-5-7-9;/h2*4-8H,1-3H3;/q2*-1;+2/t2*8-;/m11./s1. The van der Waals surface area contributed by atoms with Gasteiger partial charge in [0.25, 0.3) is 0 Å². The van der Waals surface area contributed by atoms with Gasteiger partial charge in [-0.25, -0.2) is 12.1 Å². The second kappa shape index (κ2) is 9.96. The quantitative estimate of drug-likeness (QED) is 0.617. The van der Waals surface area contributed by atoms with Crippen molar-refractivity contribution in [2.24, 2.45) is 0 Å². The van der Waals surface area contributed by atoms with Crippen LogP contribution >= 0.6 is 0 Å². The van der Waals surface area contributed by atoms with Crippen LogP contribution in [-0.4, -0.2) is 38.0 Å². The number of rotatable bonds is 4. The van der Waals surface area contributed by atoms with Crippen LogP contribution in [0.5, 0.6) is 0 Å². The Kier molecular flexibility index (Phi) is 9.56. The molecule has 0 saturated heterocycles. The monoisotopic (exact) mass is 328 g/mol. The van der Waals surface area contributed by atoms with Crippen molar-refractivity contribution in [1.82, 2.24) is 9.80 Å². The minimum absolute atomic E-state index is 0. The first-order valence-corrected chi connectivity index (χ1v) is 7.19. The molecule has 0 aliphatic rings. The topological polar surface area (TPSA) is 6.48 Å². The van der Waals surface area contributed by atoms with E-state index in [0.29, 0.717) is 12.1 Å². The average Bonchev–Trinajstić information content (AvgIpc) is 3.10. The first-order chi connectivity index (χ1) is 9.43. The Morgan fingerprint density at radius 3 is 1.29 bits per heavy atom. The first-order valence-electron chi connectivity index (χ1n) is 7.19. The molecule has 0 bridgehead atoms. The smallest absolute Gasteiger partial charge is 0.315 e. The van der Waals surface area contributed by atoms with Crippen molar-refractivity contribution in [1.29, 1.82) is 0 Å². The molecule has 2 atom stereocenters. The van der Waals surface area contributed by atoms with E-state index in [9.17, 15) is 0 Å². The van der Waals surface area contributed by atoms with E-state index < -0.39 is 0 Å². The second-order valence-electron chi connectivity index (χ2n) is 5.72. The van der Waals surface area contributed by atoms with Crippen LogP contribution in [0.4, 0.5) is 0 Å². The normalized spacial score (nSPS) is 13.3. The van der Waals surface area contributed by atoms with Crippen LogP contribution in [0.15, 0.2) is 48.5 Å². The molecule has 2 rings (SSSR count). The summed E-state index contributed by atoms with van der Waals surface area (Å²) >= 11 is 0. The summed E-state index contributed by atoms with van der Waals surface area (Å²) in [4.78, 5) is 4.41. The molecule has 3 heteroatoms. The number of hydrogen-bond acceptors (Lipinski definition) is 2. The van der Waals surface area contributed by atoms with Crippen LogP contribution in [0.1, 0.15) is 37.1 Å². The van der Waals surface area contributed by atoms with Crippen molar-refractivity contribution in [3.05, 3.63) is 59.7 Å². The second-order valence-corrected chi connectivity index (χ2v) is 5.72. The van der Waals surface area contributed by atoms with Crippen molar-refractivity contribution in [2.75, 3.05) is 28.2 Å². The zero-order chi connectivity index (χ0) is 15.1. The molecule has 0 amide bonds. The molecule has 2 nitrogen and oxygen atoms in total. The van der Waals surface area contributed by atoms with Crippen molar-refractivity contribution < 1.29 is 17.1 Å². The van der Waals surface area contributed by atoms with Gasteiger partial charge >= 0.3 is 17.1 Å². The predicted octanol–water partition coefficient (Wildman–Crippen LogP) is 4.05. The average molecular weight is 328 g/mol. The molecule has 0 N–H and O–H groups in total. The van der Waals surface area contributed by atoms with Crippen LogP contribution < -0.4 is 0 Å². The Morgan fingerprint density at radius 1 is 0.762 bits per heavy atom. The van der Waals surface area contributed by atoms with E-state index in [1.165, 1.54) is 11.1 Å². The first kappa shape index (κ1) is 20.1. The van der Waals surface area contributed by atoms with Crippen LogP contribution in [-0.2, 0) is 17.1 Å². The third-order valence-electron chi connectivity index (χ3n) is 3.89. The third kappa shape index (κ3) is 6.62. The molecule has 0 fully saturated rings. The molecule has 0 heterocycles. The van der Waals surface area contributed by atoms with Gasteiger partial charge in [0.05, 0.1) is 0 Å². The van der Waals surface area contributed by atoms with Crippen LogP contribution in [0.3, 0.4) is 0 Å². The van der Waals surface area contributed by atoms with E-state index in [1.807, 2.05) is 0 Å². The zero-order valence-electron chi connectivity index (χ0n) is 14.0. The van der Waals surface area contributed by atoms with E-state index >= 15 is 0 Å². The Bertz CT molecular complexity index is 399. The minimum atomic E-state index is 0. The minimum Gasteiger partial charge on any atom is -0.315 e. The zero-order valence-corrected chi connectivity index (χ0v) is 15.1. The number of hydrogen-bond donors (Lipinski definition) is 0. The van der Waals surface area contributed by atoms with Gasteiger partial charge in [0.1, 0.15) is 0 Å². The fourth-order valence-electron chi connectivity index (χ4n) is 1.93. The summed E-state index contributed by atoms with van der Waals surface area (Å²) in [6.07, 6.45) is 0. The molecule has 21 heavy (non-hydrogen) atoms. The number of nitrogens with zero attached hydrogens (tertiary/aromatic N) is 2. The van der Waals surface area contributed by atoms with Crippen molar-refractivity contribution in [3.63, 3.8) is 0 Å². The SMILES string of the molecule is C[C@H](c1cc[cH-]c1)N(C)C.C[C@H](c1cc[cH-]c1)N(C)C.[Fe+2]. The molecule has 0 aromatic heterocycles. The molecular formula is C18H28FeN2. The molecular weight excluding hydrogens is 300 g/mol. The van der Waals surface area contributed by atoms with E-state index in [4.69, 9.17) is 0 Å². The van der Waals surface area contributed by atoms with E-state index in [-0.39, 0.29) is 17.1 Å². The summed E-state index contributed by atoms with van der Waals surface area (Å²) in [7, 11) is 8.38. The molecule has 2 aromatic carbocycles. The summed E-state index contributed by atoms with van der Waals surface area (Å²) in [5.74, 6) is 0. The van der Waals surface area contributed by atoms with Gasteiger partial charge < -0.3 is 9.80 Å². The third-order valence-corrected chi connectivity index (χ3v) is 3.89. The Balaban J connectivity index is 0.000000364. The summed E-state index contributed by atoms with van der Waals surface area (Å²) < 4.78 is 0. The summed E-state index contributed by atoms with van der Waals surface area (Å²) in [6, 6.07) is 18.0. The van der Waals surface area contributed by atoms with Gasteiger partial charge in [-0.2, -0.15) is 47.5 Å². The molecule has 0 radical (unpaired) electrons. The van der Waals surface area contributed by atoms with E-state index in [1.54, 1.807) is 0 Å². The molecule has 2 aromatic rings. The Hall–Kier alpha value is -0.861. The van der Waals surface area contributed by atoms with Gasteiger partial charge in [-0.15, -0.1) is 0 Å². The van der Waals surface area contributed by atoms with E-state index in [2.05, 4.69) is 100 Å². The Labute approximate surface area is 141 Å². The van der Waals surface area contributed by atoms with Crippen LogP contribution in [0.25, 0.3) is 0 Å². The summed E-state index contributed by atoms with van der Waals surface area (Å²) in [6.45, 7) is 4.41. The van der Waals surface area contributed by atoms with Crippen LogP contribution in [0, 0.1) is 0 Å². The predicted molar refractivity (Wildman–Crippen MR) is 88.3 cm³/mol. The molecule has 0 saturated carbocycles. The van der Waals surface area contributed by atoms with Gasteiger partial charge in [0, 0.05) is 0 Å². The fraction of sp³-hybridized carbons (Fsp3) is 0.444. The Morgan fingerprint density at radius 2 is 1.10 bits per heavy atom. The fourth-order valence-corrected chi connectivity index (χ4v) is 1.93. The van der Waals surface area contributed by atoms with E-state index in [0.717, 1.165) is 0 Å². The van der Waals surface area contributed by atoms with Gasteiger partial charge in [-0.3, -0.25) is 0 Å². The van der Waals surface area contributed by atoms with Gasteiger partial charge in [0.15, 0.2) is 0 Å². The van der Waals surface area contributed by atoms with Crippen molar-refractivity contribution >= 4 is 0 Å². The van der Waals surface area contributed by atoms with Crippen molar-refractivity contribution in [3.8, 4) is 0 Å². The maximum atomic E-state index is 2.20. The molecule has 0 aliphatic carbocycles. The molecule has 0 aliphatic heterocycles. The molecule has 0 spiro atoms.